The van der Waals surface area contributed by atoms with Gasteiger partial charge >= 0.3 is 0 Å². The van der Waals surface area contributed by atoms with Gasteiger partial charge in [0.1, 0.15) is 0 Å². The molecular weight excluding hydrogens is 792 g/mol. The molecule has 0 unspecified atom stereocenters. The highest BCUT2D eigenvalue weighted by atomic mass is 16.6. The molecule has 0 aromatic heterocycles. The van der Waals surface area contributed by atoms with Crippen LogP contribution in [0.15, 0.2) is 0 Å². The Kier molecular flexibility index (Phi) is 57.6. The van der Waals surface area contributed by atoms with Crippen LogP contribution in [0.3, 0.4) is 0 Å². The van der Waals surface area contributed by atoms with E-state index in [9.17, 15) is 0 Å². The molecule has 0 saturated carbocycles. The second kappa shape index (κ2) is 58.3. The second-order valence-electron chi connectivity index (χ2n) is 12.9. The molecule has 0 heterocycles. The van der Waals surface area contributed by atoms with Gasteiger partial charge < -0.3 is 85.6 Å². The van der Waals surface area contributed by atoms with Crippen molar-refractivity contribution < 1.29 is 85.6 Å². The van der Waals surface area contributed by atoms with E-state index in [0.717, 1.165) is 13.0 Å². The van der Waals surface area contributed by atoms with Gasteiger partial charge in [0, 0.05) is 6.61 Å². The molecular formula is C42H86O18. The third-order valence-corrected chi connectivity index (χ3v) is 7.83. The van der Waals surface area contributed by atoms with Crippen molar-refractivity contribution in [2.45, 2.75) is 45.4 Å². The van der Waals surface area contributed by atoms with E-state index >= 15 is 0 Å². The van der Waals surface area contributed by atoms with Gasteiger partial charge in [0.25, 0.3) is 0 Å². The molecule has 0 aliphatic heterocycles. The number of unbranched alkanes of at least 4 members (excludes halogenated alkanes) is 5. The molecule has 0 aliphatic carbocycles. The topological polar surface area (TPSA) is 177 Å². The molecule has 0 radical (unpaired) electrons. The first-order chi connectivity index (χ1) is 29.9. The molecule has 0 aromatic carbocycles. The van der Waals surface area contributed by atoms with Gasteiger partial charge in [-0.15, -0.1) is 0 Å². The fourth-order valence-electron chi connectivity index (χ4n) is 4.67. The number of hydrogen-bond acceptors (Lipinski definition) is 18. The lowest BCUT2D eigenvalue weighted by molar-refractivity contribution is -0.0308. The molecule has 0 rings (SSSR count). The van der Waals surface area contributed by atoms with Crippen molar-refractivity contribution in [1.82, 2.24) is 0 Å². The Hall–Kier alpha value is -0.720. The smallest absolute Gasteiger partial charge is 0.0701 e. The molecule has 60 heavy (non-hydrogen) atoms. The summed E-state index contributed by atoms with van der Waals surface area (Å²) in [6.45, 7) is 19.8. The number of aliphatic hydroxyl groups is 1. The van der Waals surface area contributed by atoms with E-state index in [0.29, 0.717) is 218 Å². The quantitative estimate of drug-likeness (QED) is 0.0882. The third-order valence-electron chi connectivity index (χ3n) is 7.83. The van der Waals surface area contributed by atoms with Gasteiger partial charge in [-0.25, -0.2) is 0 Å². The zero-order valence-electron chi connectivity index (χ0n) is 37.4. The molecule has 0 saturated heterocycles. The number of hydrogen-bond donors (Lipinski definition) is 1. The van der Waals surface area contributed by atoms with E-state index in [-0.39, 0.29) is 6.61 Å². The van der Waals surface area contributed by atoms with Gasteiger partial charge in [0.2, 0.25) is 0 Å². The van der Waals surface area contributed by atoms with E-state index < -0.39 is 0 Å². The molecule has 0 aliphatic rings. The molecule has 0 fully saturated rings. The Balaban J connectivity index is 3.06. The molecule has 0 spiro atoms. The maximum Gasteiger partial charge on any atom is 0.0701 e. The molecule has 18 heteroatoms. The standard InChI is InChI=1S/C42H86O18/c1-2-3-4-5-6-7-9-44-11-13-46-15-17-48-19-21-50-23-25-52-27-29-54-31-33-56-35-37-58-39-41-60-42-40-59-38-36-57-34-32-55-30-28-53-26-24-51-22-20-49-18-16-47-14-12-45-10-8-43/h43H,2-42H2,1H3. The third kappa shape index (κ3) is 57.3. The summed E-state index contributed by atoms with van der Waals surface area (Å²) < 4.78 is 92.9. The molecule has 0 amide bonds. The predicted octanol–water partition coefficient (Wildman–Crippen LogP) is 2.62. The highest BCUT2D eigenvalue weighted by Gasteiger charge is 1.98. The van der Waals surface area contributed by atoms with Gasteiger partial charge in [-0.1, -0.05) is 39.0 Å². The summed E-state index contributed by atoms with van der Waals surface area (Å²) >= 11 is 0. The average molecular weight is 879 g/mol. The fourth-order valence-corrected chi connectivity index (χ4v) is 4.67. The highest BCUT2D eigenvalue weighted by molar-refractivity contribution is 4.44. The molecule has 18 nitrogen and oxygen atoms in total. The van der Waals surface area contributed by atoms with E-state index in [1.165, 1.54) is 32.1 Å². The lowest BCUT2D eigenvalue weighted by Crippen LogP contribution is -2.16. The monoisotopic (exact) mass is 879 g/mol. The Labute approximate surface area is 361 Å². The van der Waals surface area contributed by atoms with E-state index in [4.69, 9.17) is 85.6 Å². The lowest BCUT2D eigenvalue weighted by Gasteiger charge is -2.09. The molecule has 0 atom stereocenters. The summed E-state index contributed by atoms with van der Waals surface area (Å²) in [5.74, 6) is 0. The van der Waals surface area contributed by atoms with Crippen molar-refractivity contribution in [1.29, 1.82) is 0 Å². The summed E-state index contributed by atoms with van der Waals surface area (Å²) in [5, 5.41) is 8.60. The summed E-state index contributed by atoms with van der Waals surface area (Å²) in [4.78, 5) is 0. The van der Waals surface area contributed by atoms with Crippen molar-refractivity contribution >= 4 is 0 Å². The Bertz CT molecular complexity index is 674. The lowest BCUT2D eigenvalue weighted by atomic mass is 10.1. The Morgan fingerprint density at radius 1 is 0.183 bits per heavy atom. The van der Waals surface area contributed by atoms with Crippen LogP contribution in [0.2, 0.25) is 0 Å². The van der Waals surface area contributed by atoms with Crippen LogP contribution in [0.5, 0.6) is 0 Å². The van der Waals surface area contributed by atoms with Crippen LogP contribution in [-0.4, -0.2) is 236 Å². The number of rotatable bonds is 57. The number of aliphatic hydroxyl groups excluding tert-OH is 1. The second-order valence-corrected chi connectivity index (χ2v) is 12.9. The van der Waals surface area contributed by atoms with E-state index in [2.05, 4.69) is 6.92 Å². The first-order valence-corrected chi connectivity index (χ1v) is 22.3. The fraction of sp³-hybridized carbons (Fsp3) is 1.00. The highest BCUT2D eigenvalue weighted by Crippen LogP contribution is 2.04. The number of ether oxygens (including phenoxy) is 17. The summed E-state index contributed by atoms with van der Waals surface area (Å²) in [6.07, 6.45) is 7.66. The van der Waals surface area contributed by atoms with Crippen LogP contribution in [0.25, 0.3) is 0 Å². The summed E-state index contributed by atoms with van der Waals surface area (Å²) in [5.41, 5.74) is 0. The van der Waals surface area contributed by atoms with Crippen LogP contribution >= 0.6 is 0 Å². The largest absolute Gasteiger partial charge is 0.394 e. The molecule has 0 aromatic rings. The van der Waals surface area contributed by atoms with E-state index in [1.54, 1.807) is 0 Å². The normalized spacial score (nSPS) is 11.7. The van der Waals surface area contributed by atoms with Crippen molar-refractivity contribution in [2.24, 2.45) is 0 Å². The predicted molar refractivity (Wildman–Crippen MR) is 224 cm³/mol. The zero-order valence-corrected chi connectivity index (χ0v) is 37.4. The van der Waals surface area contributed by atoms with Crippen LogP contribution in [-0.2, 0) is 80.5 Å². The Morgan fingerprint density at radius 2 is 0.333 bits per heavy atom. The van der Waals surface area contributed by atoms with Gasteiger partial charge in [-0.2, -0.15) is 0 Å². The van der Waals surface area contributed by atoms with Crippen LogP contribution < -0.4 is 0 Å². The zero-order chi connectivity index (χ0) is 43.0. The minimum atomic E-state index is 0.0220. The molecule has 0 bridgehead atoms. The molecule has 362 valence electrons. The van der Waals surface area contributed by atoms with E-state index in [1.807, 2.05) is 0 Å². The minimum Gasteiger partial charge on any atom is -0.394 e. The SMILES string of the molecule is CCCCCCCCOCCOCCOCCOCCOCCOCCOCCOCCOCCOCCOCCOCCOCCOCCOCCOCCOCCO. The van der Waals surface area contributed by atoms with Crippen LogP contribution in [0, 0.1) is 0 Å². The maximum atomic E-state index is 8.60. The van der Waals surface area contributed by atoms with Gasteiger partial charge in [0.05, 0.1) is 225 Å². The first-order valence-electron chi connectivity index (χ1n) is 22.3. The van der Waals surface area contributed by atoms with Gasteiger partial charge in [0.15, 0.2) is 0 Å². The van der Waals surface area contributed by atoms with Crippen LogP contribution in [0.4, 0.5) is 0 Å². The summed E-state index contributed by atoms with van der Waals surface area (Å²) in [7, 11) is 0. The average Bonchev–Trinajstić information content (AvgIpc) is 3.26. The minimum absolute atomic E-state index is 0.0220. The summed E-state index contributed by atoms with van der Waals surface area (Å²) in [6, 6.07) is 0. The van der Waals surface area contributed by atoms with Crippen molar-refractivity contribution in [3.8, 4) is 0 Å². The van der Waals surface area contributed by atoms with Crippen molar-refractivity contribution in [3.05, 3.63) is 0 Å². The van der Waals surface area contributed by atoms with Crippen molar-refractivity contribution in [3.63, 3.8) is 0 Å². The van der Waals surface area contributed by atoms with Crippen molar-refractivity contribution in [2.75, 3.05) is 231 Å². The van der Waals surface area contributed by atoms with Gasteiger partial charge in [-0.3, -0.25) is 0 Å². The Morgan fingerprint density at radius 3 is 0.517 bits per heavy atom. The van der Waals surface area contributed by atoms with Crippen LogP contribution in [0.1, 0.15) is 45.4 Å². The first kappa shape index (κ1) is 59.3. The molecule has 1 N–H and O–H groups in total. The maximum absolute atomic E-state index is 8.60. The van der Waals surface area contributed by atoms with Gasteiger partial charge in [-0.05, 0) is 6.42 Å².